The van der Waals surface area contributed by atoms with Gasteiger partial charge in [0.25, 0.3) is 23.6 Å². The number of hydrogen-bond donors (Lipinski definition) is 1. The molecule has 0 spiro atoms. The Labute approximate surface area is 329 Å². The van der Waals surface area contributed by atoms with Gasteiger partial charge in [0, 0.05) is 68.8 Å². The fraction of sp³-hybridized carbons (Fsp3) is 0.375. The highest BCUT2D eigenvalue weighted by Gasteiger charge is 2.48. The number of halogens is 4. The summed E-state index contributed by atoms with van der Waals surface area (Å²) in [6.07, 6.45) is -4.72. The number of amides is 6. The third kappa shape index (κ3) is 6.39. The third-order valence-corrected chi connectivity index (χ3v) is 11.7. The molecule has 3 aromatic carbocycles. The molecule has 0 aromatic heterocycles. The second kappa shape index (κ2) is 13.9. The summed E-state index contributed by atoms with van der Waals surface area (Å²) in [5.74, 6) is -4.11. The average Bonchev–Trinajstić information content (AvgIpc) is 3.56. The lowest BCUT2D eigenvalue weighted by atomic mass is 10.0. The number of alkyl halides is 3. The van der Waals surface area contributed by atoms with Crippen LogP contribution in [0.4, 0.5) is 34.6 Å². The Balaban J connectivity index is 0.871. The van der Waals surface area contributed by atoms with Crippen molar-refractivity contribution < 1.29 is 46.3 Å². The van der Waals surface area contributed by atoms with Crippen LogP contribution in [0, 0.1) is 17.1 Å². The summed E-state index contributed by atoms with van der Waals surface area (Å²) in [5, 5.41) is 11.4. The van der Waals surface area contributed by atoms with Crippen LogP contribution in [-0.4, -0.2) is 114 Å². The Kier molecular flexibility index (Phi) is 9.26. The molecule has 14 nitrogen and oxygen atoms in total. The standard InChI is InChI=1S/C40H36F4N8O6/c1-39(2)38(58)50(24-4-3-22(18-45)30(16-24)40(42,43)44)21-51(39)25-6-8-28(31(41)17-25)35(55)48-13-11-47(12-14-48)26-19-49(20-26)23-5-7-27-29(15-23)37(57)52(36(27)56)32-9-10-33(53)46-34(32)54/h3-8,15-17,26,32H,9-14,19-21H2,1-2H3,(H,46,53,54). The highest BCUT2D eigenvalue weighted by atomic mass is 19.4. The minimum atomic E-state index is -4.82. The number of hydrogen-bond acceptors (Lipinski definition) is 10. The molecule has 300 valence electrons. The van der Waals surface area contributed by atoms with Crippen molar-refractivity contribution >= 4 is 52.5 Å². The van der Waals surface area contributed by atoms with Gasteiger partial charge >= 0.3 is 6.18 Å². The van der Waals surface area contributed by atoms with Gasteiger partial charge in [-0.05, 0) is 74.9 Å². The maximum Gasteiger partial charge on any atom is 0.417 e. The quantitative estimate of drug-likeness (QED) is 0.290. The molecule has 0 aliphatic carbocycles. The molecule has 0 radical (unpaired) electrons. The normalized spacial score (nSPS) is 21.4. The van der Waals surface area contributed by atoms with E-state index in [2.05, 4.69) is 15.1 Å². The van der Waals surface area contributed by atoms with Gasteiger partial charge in [-0.2, -0.15) is 18.4 Å². The number of nitrogens with one attached hydrogen (secondary N) is 1. The Bertz CT molecular complexity index is 2350. The van der Waals surface area contributed by atoms with E-state index in [9.17, 15) is 41.9 Å². The number of nitriles is 1. The number of carbonyl (C=O) groups is 6. The van der Waals surface area contributed by atoms with Gasteiger partial charge in [-0.15, -0.1) is 0 Å². The van der Waals surface area contributed by atoms with Gasteiger partial charge in [-0.25, -0.2) is 4.39 Å². The average molecular weight is 801 g/mol. The SMILES string of the molecule is CC1(C)C(=O)N(c2ccc(C#N)c(C(F)(F)F)c2)CN1c1ccc(C(=O)N2CCN(C3CN(c4ccc5c(c4)C(=O)N(C4CCC(=O)NC4=O)C5=O)C3)CC2)c(F)c1. The number of rotatable bonds is 6. The zero-order chi connectivity index (χ0) is 41.4. The van der Waals surface area contributed by atoms with Crippen LogP contribution in [0.1, 0.15) is 68.9 Å². The van der Waals surface area contributed by atoms with Crippen LogP contribution in [-0.2, 0) is 20.6 Å². The molecule has 1 atom stereocenters. The molecule has 8 rings (SSSR count). The van der Waals surface area contributed by atoms with Crippen molar-refractivity contribution in [3.05, 3.63) is 88.2 Å². The summed E-state index contributed by atoms with van der Waals surface area (Å²) in [6.45, 7) is 5.94. The molecule has 1 N–H and O–H groups in total. The molecule has 6 amide bonds. The summed E-state index contributed by atoms with van der Waals surface area (Å²) in [4.78, 5) is 86.8. The molecule has 4 fully saturated rings. The highest BCUT2D eigenvalue weighted by molar-refractivity contribution is 6.23. The molecule has 1 unspecified atom stereocenters. The van der Waals surface area contributed by atoms with Crippen molar-refractivity contribution in [2.75, 3.05) is 60.6 Å². The van der Waals surface area contributed by atoms with Crippen LogP contribution in [0.2, 0.25) is 0 Å². The van der Waals surface area contributed by atoms with Crippen molar-refractivity contribution in [3.63, 3.8) is 0 Å². The monoisotopic (exact) mass is 800 g/mol. The van der Waals surface area contributed by atoms with E-state index in [1.807, 2.05) is 0 Å². The number of nitrogens with zero attached hydrogens (tertiary/aromatic N) is 7. The van der Waals surface area contributed by atoms with Gasteiger partial charge < -0.3 is 14.7 Å². The van der Waals surface area contributed by atoms with Crippen LogP contribution in [0.5, 0.6) is 0 Å². The van der Waals surface area contributed by atoms with E-state index in [1.54, 1.807) is 36.9 Å². The molecule has 5 heterocycles. The van der Waals surface area contributed by atoms with Crippen LogP contribution in [0.15, 0.2) is 54.6 Å². The van der Waals surface area contributed by atoms with Gasteiger partial charge in [0.05, 0.1) is 40.6 Å². The zero-order valence-corrected chi connectivity index (χ0v) is 31.3. The molecular weight excluding hydrogens is 764 g/mol. The smallest absolute Gasteiger partial charge is 0.368 e. The molecule has 58 heavy (non-hydrogen) atoms. The summed E-state index contributed by atoms with van der Waals surface area (Å²) >= 11 is 0. The molecule has 4 saturated heterocycles. The van der Waals surface area contributed by atoms with Crippen LogP contribution in [0.25, 0.3) is 0 Å². The van der Waals surface area contributed by atoms with Crippen molar-refractivity contribution in [2.45, 2.75) is 50.5 Å². The van der Waals surface area contributed by atoms with E-state index in [0.29, 0.717) is 39.3 Å². The minimum Gasteiger partial charge on any atom is -0.368 e. The number of imide groups is 2. The summed E-state index contributed by atoms with van der Waals surface area (Å²) in [7, 11) is 0. The number of anilines is 3. The first-order valence-electron chi connectivity index (χ1n) is 18.6. The van der Waals surface area contributed by atoms with Crippen LogP contribution < -0.4 is 20.0 Å². The Morgan fingerprint density at radius 2 is 1.53 bits per heavy atom. The largest absolute Gasteiger partial charge is 0.417 e. The minimum absolute atomic E-state index is 0.0324. The lowest BCUT2D eigenvalue weighted by Gasteiger charge is -2.49. The fourth-order valence-corrected chi connectivity index (χ4v) is 8.32. The number of fused-ring (bicyclic) bond motifs is 1. The number of benzene rings is 3. The first-order valence-corrected chi connectivity index (χ1v) is 18.6. The molecule has 5 aliphatic heterocycles. The predicted octanol–water partition coefficient (Wildman–Crippen LogP) is 3.35. The van der Waals surface area contributed by atoms with Gasteiger partial charge in [0.2, 0.25) is 11.8 Å². The molecule has 18 heteroatoms. The van der Waals surface area contributed by atoms with E-state index < -0.39 is 70.1 Å². The Morgan fingerprint density at radius 1 is 0.862 bits per heavy atom. The van der Waals surface area contributed by atoms with Gasteiger partial charge in [-0.3, -0.25) is 48.8 Å². The number of carbonyl (C=O) groups excluding carboxylic acids is 6. The second-order valence-corrected chi connectivity index (χ2v) is 15.4. The third-order valence-electron chi connectivity index (χ3n) is 11.7. The summed E-state index contributed by atoms with van der Waals surface area (Å²) in [6, 6.07) is 12.6. The van der Waals surface area contributed by atoms with E-state index in [0.717, 1.165) is 33.7 Å². The maximum atomic E-state index is 15.7. The first kappa shape index (κ1) is 38.5. The predicted molar refractivity (Wildman–Crippen MR) is 198 cm³/mol. The van der Waals surface area contributed by atoms with E-state index in [1.165, 1.54) is 29.2 Å². The topological polar surface area (TPSA) is 158 Å². The highest BCUT2D eigenvalue weighted by Crippen LogP contribution is 2.39. The van der Waals surface area contributed by atoms with Crippen molar-refractivity contribution in [1.82, 2.24) is 20.0 Å². The fourth-order valence-electron chi connectivity index (χ4n) is 8.32. The van der Waals surface area contributed by atoms with Crippen molar-refractivity contribution in [2.24, 2.45) is 0 Å². The first-order chi connectivity index (χ1) is 27.5. The maximum absolute atomic E-state index is 15.7. The molecule has 0 saturated carbocycles. The van der Waals surface area contributed by atoms with Crippen LogP contribution >= 0.6 is 0 Å². The molecular formula is C40H36F4N8O6. The summed E-state index contributed by atoms with van der Waals surface area (Å²) < 4.78 is 56.7. The zero-order valence-electron chi connectivity index (χ0n) is 31.3. The van der Waals surface area contributed by atoms with Crippen molar-refractivity contribution in [3.8, 4) is 6.07 Å². The van der Waals surface area contributed by atoms with Crippen molar-refractivity contribution in [1.29, 1.82) is 5.26 Å². The summed E-state index contributed by atoms with van der Waals surface area (Å²) in [5.41, 5.74) is -1.85. The molecule has 5 aliphatic rings. The van der Waals surface area contributed by atoms with E-state index in [4.69, 9.17) is 5.26 Å². The lowest BCUT2D eigenvalue weighted by Crippen LogP contribution is -2.63. The molecule has 3 aromatic rings. The van der Waals surface area contributed by atoms with Gasteiger partial charge in [-0.1, -0.05) is 0 Å². The van der Waals surface area contributed by atoms with Gasteiger partial charge in [0.1, 0.15) is 17.4 Å². The van der Waals surface area contributed by atoms with E-state index >= 15 is 4.39 Å². The lowest BCUT2D eigenvalue weighted by molar-refractivity contribution is -0.138. The Morgan fingerprint density at radius 3 is 2.19 bits per heavy atom. The molecule has 0 bridgehead atoms. The number of piperidine rings is 1. The van der Waals surface area contributed by atoms with Crippen LogP contribution in [0.3, 0.4) is 0 Å². The van der Waals surface area contributed by atoms with E-state index in [-0.39, 0.29) is 53.6 Å². The number of piperazine rings is 1. The van der Waals surface area contributed by atoms with Gasteiger partial charge in [0.15, 0.2) is 0 Å². The Hall–Kier alpha value is -6.35. The second-order valence-electron chi connectivity index (χ2n) is 15.4.